The molecule has 0 saturated heterocycles. The van der Waals surface area contributed by atoms with E-state index in [4.69, 9.17) is 16.3 Å². The van der Waals surface area contributed by atoms with Crippen LogP contribution in [0.15, 0.2) is 42.7 Å². The minimum absolute atomic E-state index is 0.0262. The van der Waals surface area contributed by atoms with Crippen LogP contribution >= 0.6 is 11.6 Å². The highest BCUT2D eigenvalue weighted by Gasteiger charge is 2.20. The third kappa shape index (κ3) is 5.79. The summed E-state index contributed by atoms with van der Waals surface area (Å²) in [6.07, 6.45) is 3.32. The van der Waals surface area contributed by atoms with E-state index in [-0.39, 0.29) is 18.4 Å². The van der Waals surface area contributed by atoms with Gasteiger partial charge in [-0.3, -0.25) is 14.3 Å². The first-order valence-electron chi connectivity index (χ1n) is 7.86. The second-order valence-corrected chi connectivity index (χ2v) is 5.95. The maximum atomic E-state index is 12.3. The number of carbonyl (C=O) groups is 2. The van der Waals surface area contributed by atoms with Gasteiger partial charge in [-0.1, -0.05) is 17.7 Å². The molecular weight excluding hydrogens is 344 g/mol. The van der Waals surface area contributed by atoms with Crippen molar-refractivity contribution in [2.45, 2.75) is 13.0 Å². The first kappa shape index (κ1) is 18.8. The molecule has 1 aromatic carbocycles. The Labute approximate surface area is 151 Å². The third-order valence-electron chi connectivity index (χ3n) is 3.53. The molecular formula is C17H21ClN4O3. The number of nitrogens with zero attached hydrogens (tertiary/aromatic N) is 3. The van der Waals surface area contributed by atoms with E-state index in [0.717, 1.165) is 0 Å². The van der Waals surface area contributed by atoms with Crippen LogP contribution in [0, 0.1) is 0 Å². The average molecular weight is 365 g/mol. The van der Waals surface area contributed by atoms with Crippen molar-refractivity contribution in [1.82, 2.24) is 20.0 Å². The highest BCUT2D eigenvalue weighted by atomic mass is 35.5. The third-order valence-corrected chi connectivity index (χ3v) is 3.76. The Balaban J connectivity index is 1.69. The maximum Gasteiger partial charge on any atom is 0.247 e. The van der Waals surface area contributed by atoms with Crippen molar-refractivity contribution >= 4 is 23.4 Å². The number of nitrogens with one attached hydrogen (secondary N) is 1. The Morgan fingerprint density at radius 3 is 2.88 bits per heavy atom. The van der Waals surface area contributed by atoms with Gasteiger partial charge in [-0.15, -0.1) is 0 Å². The second kappa shape index (κ2) is 9.08. The zero-order valence-corrected chi connectivity index (χ0v) is 14.9. The molecule has 0 aliphatic rings. The van der Waals surface area contributed by atoms with Crippen LogP contribution < -0.4 is 10.1 Å². The number of benzene rings is 1. The summed E-state index contributed by atoms with van der Waals surface area (Å²) >= 11 is 5.86. The number of hydrogen-bond acceptors (Lipinski definition) is 4. The number of likely N-dealkylation sites (N-methyl/N-ethyl adjacent to an activating group) is 1. The molecule has 0 aliphatic carbocycles. The van der Waals surface area contributed by atoms with Crippen LogP contribution in [0.25, 0.3) is 0 Å². The summed E-state index contributed by atoms with van der Waals surface area (Å²) in [5.74, 6) is 0.203. The SMILES string of the molecule is C[C@@H](C(=O)N(C)CC(=O)NCCOc1cccc(Cl)c1)n1cccn1. The van der Waals surface area contributed by atoms with Crippen LogP contribution in [0.2, 0.25) is 5.02 Å². The van der Waals surface area contributed by atoms with E-state index in [2.05, 4.69) is 10.4 Å². The van der Waals surface area contributed by atoms with Crippen molar-refractivity contribution in [2.75, 3.05) is 26.7 Å². The molecule has 0 radical (unpaired) electrons. The Hall–Kier alpha value is -2.54. The van der Waals surface area contributed by atoms with Crippen LogP contribution in [0.4, 0.5) is 0 Å². The summed E-state index contributed by atoms with van der Waals surface area (Å²) < 4.78 is 7.04. The number of rotatable bonds is 8. The van der Waals surface area contributed by atoms with Crippen LogP contribution in [-0.4, -0.2) is 53.2 Å². The predicted molar refractivity (Wildman–Crippen MR) is 94.5 cm³/mol. The zero-order valence-electron chi connectivity index (χ0n) is 14.2. The number of hydrogen-bond donors (Lipinski definition) is 1. The van der Waals surface area contributed by atoms with E-state index < -0.39 is 6.04 Å². The molecule has 1 atom stereocenters. The van der Waals surface area contributed by atoms with E-state index in [9.17, 15) is 9.59 Å². The first-order valence-corrected chi connectivity index (χ1v) is 8.24. The smallest absolute Gasteiger partial charge is 0.247 e. The number of amides is 2. The number of ether oxygens (including phenoxy) is 1. The number of aromatic nitrogens is 2. The molecule has 0 spiro atoms. The van der Waals surface area contributed by atoms with Crippen LogP contribution in [0.3, 0.4) is 0 Å². The quantitative estimate of drug-likeness (QED) is 0.724. The fraction of sp³-hybridized carbons (Fsp3) is 0.353. The summed E-state index contributed by atoms with van der Waals surface area (Å²) in [6.45, 7) is 2.36. The van der Waals surface area contributed by atoms with E-state index in [1.807, 2.05) is 0 Å². The minimum atomic E-state index is -0.459. The van der Waals surface area contributed by atoms with E-state index in [0.29, 0.717) is 23.9 Å². The molecule has 2 rings (SSSR count). The Morgan fingerprint density at radius 1 is 1.40 bits per heavy atom. The lowest BCUT2D eigenvalue weighted by molar-refractivity contribution is -0.137. The topological polar surface area (TPSA) is 76.5 Å². The van der Waals surface area contributed by atoms with Gasteiger partial charge in [-0.2, -0.15) is 5.10 Å². The van der Waals surface area contributed by atoms with Gasteiger partial charge >= 0.3 is 0 Å². The van der Waals surface area contributed by atoms with E-state index >= 15 is 0 Å². The Morgan fingerprint density at radius 2 is 2.20 bits per heavy atom. The van der Waals surface area contributed by atoms with E-state index in [1.54, 1.807) is 61.4 Å². The van der Waals surface area contributed by atoms with Gasteiger partial charge < -0.3 is 15.0 Å². The summed E-state index contributed by atoms with van der Waals surface area (Å²) in [6, 6.07) is 8.32. The molecule has 2 aromatic rings. The van der Waals surface area contributed by atoms with Gasteiger partial charge in [-0.05, 0) is 31.2 Å². The molecule has 1 N–H and O–H groups in total. The molecule has 0 bridgehead atoms. The van der Waals surface area contributed by atoms with Crippen molar-refractivity contribution in [3.05, 3.63) is 47.7 Å². The largest absolute Gasteiger partial charge is 0.492 e. The van der Waals surface area contributed by atoms with Gasteiger partial charge in [0, 0.05) is 24.5 Å². The van der Waals surface area contributed by atoms with Gasteiger partial charge in [0.15, 0.2) is 0 Å². The number of halogens is 1. The van der Waals surface area contributed by atoms with Crippen molar-refractivity contribution < 1.29 is 14.3 Å². The van der Waals surface area contributed by atoms with Gasteiger partial charge in [0.05, 0.1) is 13.1 Å². The maximum absolute atomic E-state index is 12.3. The van der Waals surface area contributed by atoms with Gasteiger partial charge in [0.1, 0.15) is 18.4 Å². The molecule has 25 heavy (non-hydrogen) atoms. The van der Waals surface area contributed by atoms with Crippen LogP contribution in [0.5, 0.6) is 5.75 Å². The second-order valence-electron chi connectivity index (χ2n) is 5.51. The Kier molecular flexibility index (Phi) is 6.82. The zero-order chi connectivity index (χ0) is 18.2. The molecule has 0 saturated carbocycles. The standard InChI is InChI=1S/C17H21ClN4O3/c1-13(22-9-4-7-20-22)17(24)21(2)12-16(23)19-8-10-25-15-6-3-5-14(18)11-15/h3-7,9,11,13H,8,10,12H2,1-2H3,(H,19,23)/t13-/m0/s1. The van der Waals surface area contributed by atoms with Crippen molar-refractivity contribution in [2.24, 2.45) is 0 Å². The normalized spacial score (nSPS) is 11.6. The van der Waals surface area contributed by atoms with Crippen molar-refractivity contribution in [3.63, 3.8) is 0 Å². The first-order chi connectivity index (χ1) is 12.0. The Bertz CT molecular complexity index is 706. The molecule has 1 aromatic heterocycles. The molecule has 0 unspecified atom stereocenters. The lowest BCUT2D eigenvalue weighted by Gasteiger charge is -2.21. The molecule has 8 heteroatoms. The van der Waals surface area contributed by atoms with Crippen molar-refractivity contribution in [1.29, 1.82) is 0 Å². The summed E-state index contributed by atoms with van der Waals surface area (Å²) in [5, 5.41) is 7.34. The molecule has 134 valence electrons. The summed E-state index contributed by atoms with van der Waals surface area (Å²) in [4.78, 5) is 25.6. The van der Waals surface area contributed by atoms with Gasteiger partial charge in [0.2, 0.25) is 11.8 Å². The fourth-order valence-electron chi connectivity index (χ4n) is 2.21. The lowest BCUT2D eigenvalue weighted by Crippen LogP contribution is -2.42. The highest BCUT2D eigenvalue weighted by Crippen LogP contribution is 2.16. The predicted octanol–water partition coefficient (Wildman–Crippen LogP) is 1.75. The number of carbonyl (C=O) groups excluding carboxylic acids is 2. The monoisotopic (exact) mass is 364 g/mol. The van der Waals surface area contributed by atoms with Crippen molar-refractivity contribution in [3.8, 4) is 5.75 Å². The van der Waals surface area contributed by atoms with Crippen LogP contribution in [0.1, 0.15) is 13.0 Å². The minimum Gasteiger partial charge on any atom is -0.492 e. The summed E-state index contributed by atoms with van der Waals surface area (Å²) in [5.41, 5.74) is 0. The molecule has 2 amide bonds. The lowest BCUT2D eigenvalue weighted by atomic mass is 10.3. The van der Waals surface area contributed by atoms with Crippen LogP contribution in [-0.2, 0) is 9.59 Å². The highest BCUT2D eigenvalue weighted by molar-refractivity contribution is 6.30. The summed E-state index contributed by atoms with van der Waals surface area (Å²) in [7, 11) is 1.59. The molecule has 0 fully saturated rings. The van der Waals surface area contributed by atoms with Gasteiger partial charge in [0.25, 0.3) is 0 Å². The molecule has 7 nitrogen and oxygen atoms in total. The van der Waals surface area contributed by atoms with E-state index in [1.165, 1.54) is 4.90 Å². The fourth-order valence-corrected chi connectivity index (χ4v) is 2.39. The molecule has 0 aliphatic heterocycles. The average Bonchev–Trinajstić information content (AvgIpc) is 3.12. The van der Waals surface area contributed by atoms with Gasteiger partial charge in [-0.25, -0.2) is 0 Å². The molecule has 1 heterocycles.